The molecule has 1 amide bonds. The normalized spacial score (nSPS) is 17.0. The summed E-state index contributed by atoms with van der Waals surface area (Å²) in [7, 11) is 0. The minimum atomic E-state index is 0.657. The molecular formula is C12H17N3O. The molecule has 0 radical (unpaired) electrons. The molecule has 4 nitrogen and oxygen atoms in total. The molecule has 4 heteroatoms. The maximum atomic E-state index is 11.1. The SMILES string of the molecule is O=CN(Cc1ccccc1)N1CCNCC1. The Labute approximate surface area is 95.8 Å². The zero-order valence-electron chi connectivity index (χ0n) is 9.30. The topological polar surface area (TPSA) is 35.6 Å². The molecule has 1 aromatic carbocycles. The van der Waals surface area contributed by atoms with Gasteiger partial charge in [-0.1, -0.05) is 30.3 Å². The molecule has 1 N–H and O–H groups in total. The highest BCUT2D eigenvalue weighted by Crippen LogP contribution is 2.06. The van der Waals surface area contributed by atoms with E-state index in [1.165, 1.54) is 0 Å². The number of hydrazine groups is 1. The summed E-state index contributed by atoms with van der Waals surface area (Å²) >= 11 is 0. The lowest BCUT2D eigenvalue weighted by Crippen LogP contribution is -2.51. The number of piperazine rings is 1. The summed E-state index contributed by atoms with van der Waals surface area (Å²) in [6.07, 6.45) is 0.915. The molecule has 0 saturated carbocycles. The number of hydrogen-bond acceptors (Lipinski definition) is 3. The first kappa shape index (κ1) is 11.1. The van der Waals surface area contributed by atoms with E-state index in [1.807, 2.05) is 30.3 Å². The van der Waals surface area contributed by atoms with Crippen molar-refractivity contribution in [3.8, 4) is 0 Å². The van der Waals surface area contributed by atoms with Crippen molar-refractivity contribution in [1.29, 1.82) is 0 Å². The lowest BCUT2D eigenvalue weighted by Gasteiger charge is -2.35. The number of carbonyl (C=O) groups excluding carboxylic acids is 1. The van der Waals surface area contributed by atoms with E-state index in [0.717, 1.165) is 38.2 Å². The number of nitrogens with zero attached hydrogens (tertiary/aromatic N) is 2. The highest BCUT2D eigenvalue weighted by molar-refractivity contribution is 5.46. The van der Waals surface area contributed by atoms with Crippen LogP contribution >= 0.6 is 0 Å². The Morgan fingerprint density at radius 3 is 2.56 bits per heavy atom. The van der Waals surface area contributed by atoms with Crippen LogP contribution in [0.15, 0.2) is 30.3 Å². The quantitative estimate of drug-likeness (QED) is 0.748. The third-order valence-corrected chi connectivity index (χ3v) is 2.77. The van der Waals surface area contributed by atoms with Crippen LogP contribution in [0.25, 0.3) is 0 Å². The van der Waals surface area contributed by atoms with E-state index in [1.54, 1.807) is 5.01 Å². The van der Waals surface area contributed by atoms with Crippen molar-refractivity contribution in [2.75, 3.05) is 26.2 Å². The zero-order chi connectivity index (χ0) is 11.2. The molecule has 1 aromatic rings. The van der Waals surface area contributed by atoms with E-state index < -0.39 is 0 Å². The summed E-state index contributed by atoms with van der Waals surface area (Å²) in [4.78, 5) is 11.1. The molecule has 2 rings (SSSR count). The molecule has 1 saturated heterocycles. The number of carbonyl (C=O) groups is 1. The Balaban J connectivity index is 1.97. The number of benzene rings is 1. The van der Waals surface area contributed by atoms with Crippen molar-refractivity contribution in [2.45, 2.75) is 6.54 Å². The second-order valence-electron chi connectivity index (χ2n) is 3.89. The third kappa shape index (κ3) is 2.81. The fraction of sp³-hybridized carbons (Fsp3) is 0.417. The van der Waals surface area contributed by atoms with Crippen LogP contribution in [0, 0.1) is 0 Å². The molecule has 1 fully saturated rings. The fourth-order valence-corrected chi connectivity index (χ4v) is 1.88. The van der Waals surface area contributed by atoms with Gasteiger partial charge in [0, 0.05) is 26.2 Å². The maximum Gasteiger partial charge on any atom is 0.224 e. The molecule has 86 valence electrons. The lowest BCUT2D eigenvalue weighted by molar-refractivity contribution is -0.137. The Morgan fingerprint density at radius 1 is 1.25 bits per heavy atom. The van der Waals surface area contributed by atoms with Crippen molar-refractivity contribution < 1.29 is 4.79 Å². The molecule has 1 aliphatic heterocycles. The Bertz CT molecular complexity index is 322. The highest BCUT2D eigenvalue weighted by Gasteiger charge is 2.16. The molecule has 0 spiro atoms. The summed E-state index contributed by atoms with van der Waals surface area (Å²) in [5.41, 5.74) is 1.16. The number of hydrogen-bond donors (Lipinski definition) is 1. The summed E-state index contributed by atoms with van der Waals surface area (Å²) in [6.45, 7) is 4.33. The van der Waals surface area contributed by atoms with Crippen LogP contribution in [0.4, 0.5) is 0 Å². The van der Waals surface area contributed by atoms with Gasteiger partial charge in [-0.3, -0.25) is 9.80 Å². The smallest absolute Gasteiger partial charge is 0.224 e. The molecule has 1 heterocycles. The fourth-order valence-electron chi connectivity index (χ4n) is 1.88. The Kier molecular flexibility index (Phi) is 3.91. The monoisotopic (exact) mass is 219 g/mol. The van der Waals surface area contributed by atoms with Gasteiger partial charge in [-0.25, -0.2) is 5.01 Å². The van der Waals surface area contributed by atoms with Gasteiger partial charge in [-0.2, -0.15) is 0 Å². The van der Waals surface area contributed by atoms with Crippen molar-refractivity contribution in [3.63, 3.8) is 0 Å². The molecule has 0 aromatic heterocycles. The minimum absolute atomic E-state index is 0.657. The van der Waals surface area contributed by atoms with Gasteiger partial charge < -0.3 is 5.32 Å². The van der Waals surface area contributed by atoms with Gasteiger partial charge in [0.25, 0.3) is 0 Å². The molecule has 1 aliphatic rings. The summed E-state index contributed by atoms with van der Waals surface area (Å²) in [5.74, 6) is 0. The molecule has 0 aliphatic carbocycles. The second-order valence-corrected chi connectivity index (χ2v) is 3.89. The van der Waals surface area contributed by atoms with Crippen molar-refractivity contribution >= 4 is 6.41 Å². The molecular weight excluding hydrogens is 202 g/mol. The molecule has 0 unspecified atom stereocenters. The largest absolute Gasteiger partial charge is 0.314 e. The lowest BCUT2D eigenvalue weighted by atomic mass is 10.2. The highest BCUT2D eigenvalue weighted by atomic mass is 16.1. The standard InChI is InChI=1S/C12H17N3O/c16-11-15(14-8-6-13-7-9-14)10-12-4-2-1-3-5-12/h1-5,11,13H,6-10H2. The summed E-state index contributed by atoms with van der Waals surface area (Å²) < 4.78 is 0. The van der Waals surface area contributed by atoms with E-state index in [9.17, 15) is 4.79 Å². The number of nitrogens with one attached hydrogen (secondary N) is 1. The van der Waals surface area contributed by atoms with E-state index >= 15 is 0 Å². The second kappa shape index (κ2) is 5.63. The van der Waals surface area contributed by atoms with Crippen molar-refractivity contribution in [2.24, 2.45) is 0 Å². The van der Waals surface area contributed by atoms with Crippen molar-refractivity contribution in [1.82, 2.24) is 15.3 Å². The van der Waals surface area contributed by atoms with Crippen LogP contribution in [0.3, 0.4) is 0 Å². The summed E-state index contributed by atoms with van der Waals surface area (Å²) in [5, 5.41) is 7.13. The van der Waals surface area contributed by atoms with E-state index in [0.29, 0.717) is 6.54 Å². The third-order valence-electron chi connectivity index (χ3n) is 2.77. The molecule has 0 bridgehead atoms. The minimum Gasteiger partial charge on any atom is -0.314 e. The average Bonchev–Trinajstić information content (AvgIpc) is 2.38. The predicted molar refractivity (Wildman–Crippen MR) is 62.5 cm³/mol. The van der Waals surface area contributed by atoms with Gasteiger partial charge in [-0.05, 0) is 5.56 Å². The van der Waals surface area contributed by atoms with E-state index in [4.69, 9.17) is 0 Å². The first-order valence-corrected chi connectivity index (χ1v) is 5.61. The first-order valence-electron chi connectivity index (χ1n) is 5.61. The Morgan fingerprint density at radius 2 is 1.94 bits per heavy atom. The van der Waals surface area contributed by atoms with E-state index in [2.05, 4.69) is 10.3 Å². The van der Waals surface area contributed by atoms with E-state index in [-0.39, 0.29) is 0 Å². The van der Waals surface area contributed by atoms with Crippen LogP contribution in [0.1, 0.15) is 5.56 Å². The van der Waals surface area contributed by atoms with Crippen LogP contribution in [0.5, 0.6) is 0 Å². The van der Waals surface area contributed by atoms with Gasteiger partial charge in [0.2, 0.25) is 6.41 Å². The van der Waals surface area contributed by atoms with Crippen LogP contribution < -0.4 is 5.32 Å². The van der Waals surface area contributed by atoms with Crippen LogP contribution in [0.2, 0.25) is 0 Å². The Hall–Kier alpha value is -1.39. The first-order chi connectivity index (χ1) is 7.90. The van der Waals surface area contributed by atoms with Gasteiger partial charge >= 0.3 is 0 Å². The van der Waals surface area contributed by atoms with Gasteiger partial charge in [-0.15, -0.1) is 0 Å². The molecule has 0 atom stereocenters. The number of rotatable bonds is 4. The predicted octanol–water partition coefficient (Wildman–Crippen LogP) is 0.465. The number of amides is 1. The molecule has 16 heavy (non-hydrogen) atoms. The van der Waals surface area contributed by atoms with Gasteiger partial charge in [0.15, 0.2) is 0 Å². The average molecular weight is 219 g/mol. The van der Waals surface area contributed by atoms with Crippen molar-refractivity contribution in [3.05, 3.63) is 35.9 Å². The van der Waals surface area contributed by atoms with Crippen LogP contribution in [-0.2, 0) is 11.3 Å². The van der Waals surface area contributed by atoms with Gasteiger partial charge in [0.1, 0.15) is 0 Å². The van der Waals surface area contributed by atoms with Gasteiger partial charge in [0.05, 0.1) is 6.54 Å². The summed E-state index contributed by atoms with van der Waals surface area (Å²) in [6, 6.07) is 10.1. The van der Waals surface area contributed by atoms with Crippen LogP contribution in [-0.4, -0.2) is 42.6 Å². The maximum absolute atomic E-state index is 11.1. The zero-order valence-corrected chi connectivity index (χ0v) is 9.30.